The van der Waals surface area contributed by atoms with Crippen LogP contribution in [-0.4, -0.2) is 11.2 Å². The summed E-state index contributed by atoms with van der Waals surface area (Å²) < 4.78 is 12.6. The molecule has 1 N–H and O–H groups in total. The number of benzene rings is 1. The van der Waals surface area contributed by atoms with Gasteiger partial charge in [0.25, 0.3) is 0 Å². The Bertz CT molecular complexity index is 320. The van der Waals surface area contributed by atoms with Crippen LogP contribution in [0.25, 0.3) is 0 Å². The maximum atomic E-state index is 12.6. The van der Waals surface area contributed by atoms with Crippen LogP contribution in [-0.2, 0) is 0 Å². The molecule has 0 heterocycles. The molecule has 0 saturated carbocycles. The van der Waals surface area contributed by atoms with Crippen molar-refractivity contribution in [2.45, 2.75) is 13.0 Å². The first kappa shape index (κ1) is 8.76. The highest BCUT2D eigenvalue weighted by Gasteiger charge is 1.90. The molecule has 0 fully saturated rings. The normalized spacial score (nSPS) is 11.6. The van der Waals surface area contributed by atoms with E-state index in [0.29, 0.717) is 5.56 Å². The molecular weight excluding hydrogens is 155 g/mol. The molecule has 0 saturated heterocycles. The number of halogens is 1. The first-order valence-electron chi connectivity index (χ1n) is 3.63. The second-order valence-corrected chi connectivity index (χ2v) is 2.46. The molecule has 1 aromatic carbocycles. The van der Waals surface area contributed by atoms with Gasteiger partial charge in [-0.15, -0.1) is 0 Å². The van der Waals surface area contributed by atoms with Gasteiger partial charge >= 0.3 is 0 Å². The van der Waals surface area contributed by atoms with Crippen LogP contribution in [0, 0.1) is 17.7 Å². The fraction of sp³-hybridized carbons (Fsp3) is 0.200. The molecule has 12 heavy (non-hydrogen) atoms. The number of rotatable bonds is 0. The Morgan fingerprint density at radius 2 is 2.25 bits per heavy atom. The maximum absolute atomic E-state index is 12.6. The van der Waals surface area contributed by atoms with Crippen molar-refractivity contribution in [3.05, 3.63) is 35.6 Å². The van der Waals surface area contributed by atoms with Crippen LogP contribution in [0.2, 0.25) is 0 Å². The Balaban J connectivity index is 2.85. The van der Waals surface area contributed by atoms with Gasteiger partial charge in [-0.25, -0.2) is 4.39 Å². The second-order valence-electron chi connectivity index (χ2n) is 2.46. The lowest BCUT2D eigenvalue weighted by Crippen LogP contribution is -1.92. The van der Waals surface area contributed by atoms with Crippen LogP contribution in [0.4, 0.5) is 4.39 Å². The third-order valence-electron chi connectivity index (χ3n) is 1.25. The summed E-state index contributed by atoms with van der Waals surface area (Å²) in [4.78, 5) is 0. The van der Waals surface area contributed by atoms with Gasteiger partial charge in [-0.05, 0) is 25.1 Å². The lowest BCUT2D eigenvalue weighted by molar-refractivity contribution is 0.253. The third-order valence-corrected chi connectivity index (χ3v) is 1.25. The van der Waals surface area contributed by atoms with E-state index >= 15 is 0 Å². The SMILES string of the molecule is CC(O)C#Cc1cccc(F)c1. The summed E-state index contributed by atoms with van der Waals surface area (Å²) >= 11 is 0. The number of hydrogen-bond donors (Lipinski definition) is 1. The largest absolute Gasteiger partial charge is 0.381 e. The quantitative estimate of drug-likeness (QED) is 0.577. The molecule has 1 unspecified atom stereocenters. The van der Waals surface area contributed by atoms with Gasteiger partial charge < -0.3 is 5.11 Å². The van der Waals surface area contributed by atoms with E-state index in [1.807, 2.05) is 0 Å². The van der Waals surface area contributed by atoms with Crippen LogP contribution in [0.5, 0.6) is 0 Å². The van der Waals surface area contributed by atoms with E-state index in [2.05, 4.69) is 11.8 Å². The molecule has 2 heteroatoms. The van der Waals surface area contributed by atoms with Gasteiger partial charge in [-0.2, -0.15) is 0 Å². The van der Waals surface area contributed by atoms with Crippen molar-refractivity contribution < 1.29 is 9.50 Å². The lowest BCUT2D eigenvalue weighted by Gasteiger charge is -1.90. The molecule has 0 radical (unpaired) electrons. The molecule has 1 aromatic rings. The minimum atomic E-state index is -0.673. The maximum Gasteiger partial charge on any atom is 0.124 e. The number of hydrogen-bond acceptors (Lipinski definition) is 1. The summed E-state index contributed by atoms with van der Waals surface area (Å²) in [5, 5.41) is 8.82. The Hall–Kier alpha value is -1.33. The Morgan fingerprint density at radius 3 is 2.83 bits per heavy atom. The van der Waals surface area contributed by atoms with Gasteiger partial charge in [0.15, 0.2) is 0 Å². The van der Waals surface area contributed by atoms with Gasteiger partial charge in [-0.3, -0.25) is 0 Å². The molecule has 0 bridgehead atoms. The summed E-state index contributed by atoms with van der Waals surface area (Å²) in [5.41, 5.74) is 0.580. The number of aliphatic hydroxyl groups excluding tert-OH is 1. The van der Waals surface area contributed by atoms with Gasteiger partial charge in [0, 0.05) is 5.56 Å². The van der Waals surface area contributed by atoms with Crippen LogP contribution in [0.3, 0.4) is 0 Å². The average Bonchev–Trinajstić information content (AvgIpc) is 2.01. The van der Waals surface area contributed by atoms with Gasteiger partial charge in [0.1, 0.15) is 11.9 Å². The van der Waals surface area contributed by atoms with Gasteiger partial charge in [0.05, 0.1) is 0 Å². The summed E-state index contributed by atoms with van der Waals surface area (Å²) in [6, 6.07) is 5.96. The fourth-order valence-corrected chi connectivity index (χ4v) is 0.754. The van der Waals surface area contributed by atoms with Gasteiger partial charge in [-0.1, -0.05) is 17.9 Å². The summed E-state index contributed by atoms with van der Waals surface area (Å²) in [5.74, 6) is 4.86. The van der Waals surface area contributed by atoms with Crippen molar-refractivity contribution in [2.75, 3.05) is 0 Å². The first-order valence-corrected chi connectivity index (χ1v) is 3.63. The third kappa shape index (κ3) is 2.73. The monoisotopic (exact) mass is 164 g/mol. The summed E-state index contributed by atoms with van der Waals surface area (Å²) in [6.07, 6.45) is -0.673. The van der Waals surface area contributed by atoms with Crippen molar-refractivity contribution in [3.8, 4) is 11.8 Å². The van der Waals surface area contributed by atoms with E-state index in [4.69, 9.17) is 5.11 Å². The predicted molar refractivity (Wildman–Crippen MR) is 45.0 cm³/mol. The highest BCUT2D eigenvalue weighted by atomic mass is 19.1. The molecule has 1 nitrogen and oxygen atoms in total. The van der Waals surface area contributed by atoms with E-state index in [1.165, 1.54) is 12.1 Å². The minimum Gasteiger partial charge on any atom is -0.381 e. The zero-order valence-electron chi connectivity index (χ0n) is 6.71. The average molecular weight is 164 g/mol. The highest BCUT2D eigenvalue weighted by molar-refractivity contribution is 5.34. The predicted octanol–water partition coefficient (Wildman–Crippen LogP) is 1.56. The molecule has 0 amide bonds. The zero-order chi connectivity index (χ0) is 8.97. The van der Waals surface area contributed by atoms with Crippen LogP contribution < -0.4 is 0 Å². The first-order chi connectivity index (χ1) is 5.68. The standard InChI is InChI=1S/C10H9FO/c1-8(12)5-6-9-3-2-4-10(11)7-9/h2-4,7-8,12H,1H3. The van der Waals surface area contributed by atoms with Crippen molar-refractivity contribution in [3.63, 3.8) is 0 Å². The zero-order valence-corrected chi connectivity index (χ0v) is 6.71. The Kier molecular flexibility index (Phi) is 2.84. The van der Waals surface area contributed by atoms with Crippen LogP contribution in [0.15, 0.2) is 24.3 Å². The molecule has 0 aliphatic carbocycles. The van der Waals surface area contributed by atoms with Crippen LogP contribution in [0.1, 0.15) is 12.5 Å². The van der Waals surface area contributed by atoms with E-state index < -0.39 is 6.10 Å². The summed E-state index contributed by atoms with van der Waals surface area (Å²) in [6.45, 7) is 1.56. The number of aliphatic hydroxyl groups is 1. The van der Waals surface area contributed by atoms with Crippen molar-refractivity contribution in [1.29, 1.82) is 0 Å². The van der Waals surface area contributed by atoms with E-state index in [9.17, 15) is 4.39 Å². The smallest absolute Gasteiger partial charge is 0.124 e. The Labute approximate surface area is 70.9 Å². The van der Waals surface area contributed by atoms with E-state index in [-0.39, 0.29) is 5.82 Å². The van der Waals surface area contributed by atoms with Crippen LogP contribution >= 0.6 is 0 Å². The topological polar surface area (TPSA) is 20.2 Å². The lowest BCUT2D eigenvalue weighted by atomic mass is 10.2. The van der Waals surface area contributed by atoms with Gasteiger partial charge in [0.2, 0.25) is 0 Å². The van der Waals surface area contributed by atoms with Crippen molar-refractivity contribution in [2.24, 2.45) is 0 Å². The molecule has 0 aromatic heterocycles. The molecule has 62 valence electrons. The molecule has 1 atom stereocenters. The highest BCUT2D eigenvalue weighted by Crippen LogP contribution is 2.01. The molecular formula is C10H9FO. The van der Waals surface area contributed by atoms with Crippen molar-refractivity contribution in [1.82, 2.24) is 0 Å². The molecule has 1 rings (SSSR count). The van der Waals surface area contributed by atoms with E-state index in [1.54, 1.807) is 19.1 Å². The second kappa shape index (κ2) is 3.89. The van der Waals surface area contributed by atoms with Crippen molar-refractivity contribution >= 4 is 0 Å². The summed E-state index contributed by atoms with van der Waals surface area (Å²) in [7, 11) is 0. The molecule has 0 aliphatic rings. The molecule has 0 spiro atoms. The Morgan fingerprint density at radius 1 is 1.50 bits per heavy atom. The molecule has 0 aliphatic heterocycles. The van der Waals surface area contributed by atoms with E-state index in [0.717, 1.165) is 0 Å². The minimum absolute atomic E-state index is 0.313. The fourth-order valence-electron chi connectivity index (χ4n) is 0.754.